The van der Waals surface area contributed by atoms with Gasteiger partial charge in [-0.2, -0.15) is 0 Å². The zero-order valence-corrected chi connectivity index (χ0v) is 4.20. The van der Waals surface area contributed by atoms with E-state index >= 15 is 0 Å². The Morgan fingerprint density at radius 1 is 1.88 bits per heavy atom. The molecule has 1 rings (SSSR count). The summed E-state index contributed by atoms with van der Waals surface area (Å²) in [6, 6.07) is 0. The predicted molar refractivity (Wildman–Crippen MR) is 25.5 cm³/mol. The van der Waals surface area contributed by atoms with E-state index in [1.54, 1.807) is 0 Å². The third-order valence-electron chi connectivity index (χ3n) is 1.13. The summed E-state index contributed by atoms with van der Waals surface area (Å²) in [7, 11) is 0. The minimum Gasteiger partial charge on any atom is -0.754 e. The minimum atomic E-state index is -1.08. The first-order chi connectivity index (χ1) is 3.72. The predicted octanol–water partition coefficient (Wildman–Crippen LogP) is -0.575. The first kappa shape index (κ1) is 5.53. The lowest BCUT2D eigenvalue weighted by molar-refractivity contribution is -0.129. The maximum absolute atomic E-state index is 10.2. The van der Waals surface area contributed by atoms with Crippen LogP contribution in [0.1, 0.15) is 12.8 Å². The zero-order valence-electron chi connectivity index (χ0n) is 4.20. The Morgan fingerprint density at radius 2 is 2.50 bits per heavy atom. The van der Waals surface area contributed by atoms with Gasteiger partial charge in [0.1, 0.15) is 6.23 Å². The van der Waals surface area contributed by atoms with Gasteiger partial charge in [0.15, 0.2) is 0 Å². The normalized spacial score (nSPS) is 29.5. The third kappa shape index (κ3) is 0.677. The molecule has 1 unspecified atom stereocenters. The van der Waals surface area contributed by atoms with Gasteiger partial charge in [-0.1, -0.05) is 0 Å². The van der Waals surface area contributed by atoms with Gasteiger partial charge in [-0.15, -0.1) is 0 Å². The molecule has 1 aliphatic heterocycles. The molecule has 1 atom stereocenters. The second-order valence-electron chi connectivity index (χ2n) is 1.74. The van der Waals surface area contributed by atoms with E-state index in [9.17, 15) is 10.0 Å². The van der Waals surface area contributed by atoms with E-state index in [1.165, 1.54) is 0 Å². The van der Waals surface area contributed by atoms with Gasteiger partial charge >= 0.3 is 0 Å². The van der Waals surface area contributed by atoms with Crippen LogP contribution >= 0.6 is 0 Å². The molecular weight excluding hydrogens is 110 g/mol. The highest BCUT2D eigenvalue weighted by atomic mass is 16.5. The highest BCUT2D eigenvalue weighted by Gasteiger charge is 2.20. The van der Waals surface area contributed by atoms with Crippen LogP contribution in [-0.4, -0.2) is 22.3 Å². The molecule has 1 saturated heterocycles. The van der Waals surface area contributed by atoms with E-state index in [4.69, 9.17) is 5.11 Å². The fourth-order valence-corrected chi connectivity index (χ4v) is 0.646. The number of hydrogen-bond donors (Lipinski definition) is 1. The van der Waals surface area contributed by atoms with Crippen LogP contribution in [-0.2, 0) is 4.79 Å². The second-order valence-corrected chi connectivity index (χ2v) is 1.74. The average Bonchev–Trinajstić information content (AvgIpc) is 1.98. The summed E-state index contributed by atoms with van der Waals surface area (Å²) in [5.74, 6) is -0.516. The van der Waals surface area contributed by atoms with Gasteiger partial charge < -0.3 is 15.4 Å². The molecule has 1 N–H and O–H groups in total. The van der Waals surface area contributed by atoms with Crippen molar-refractivity contribution in [2.75, 3.05) is 0 Å². The Bertz CT molecular complexity index is 114. The molecule has 1 fully saturated rings. The largest absolute Gasteiger partial charge is 0.754 e. The SMILES string of the molecule is O=C1CCC(O)N1[O-]. The molecule has 0 aromatic rings. The summed E-state index contributed by atoms with van der Waals surface area (Å²) in [4.78, 5) is 10.2. The fraction of sp³-hybridized carbons (Fsp3) is 0.750. The van der Waals surface area contributed by atoms with Crippen LogP contribution in [0.15, 0.2) is 0 Å². The Hall–Kier alpha value is -0.610. The molecule has 0 spiro atoms. The molecule has 0 aromatic heterocycles. The van der Waals surface area contributed by atoms with Crippen molar-refractivity contribution in [3.05, 3.63) is 5.21 Å². The lowest BCUT2D eigenvalue weighted by atomic mass is 10.4. The quantitative estimate of drug-likeness (QED) is 0.460. The Balaban J connectivity index is 2.56. The number of carbonyl (C=O) groups is 1. The Morgan fingerprint density at radius 3 is 2.62 bits per heavy atom. The van der Waals surface area contributed by atoms with E-state index in [0.717, 1.165) is 0 Å². The molecule has 46 valence electrons. The highest BCUT2D eigenvalue weighted by Crippen LogP contribution is 2.13. The van der Waals surface area contributed by atoms with E-state index in [1.807, 2.05) is 0 Å². The van der Waals surface area contributed by atoms with Gasteiger partial charge in [0.05, 0.1) is 0 Å². The number of hydroxylamine groups is 2. The number of aliphatic hydroxyl groups excluding tert-OH is 1. The Labute approximate surface area is 46.3 Å². The van der Waals surface area contributed by atoms with Crippen molar-refractivity contribution in [2.24, 2.45) is 0 Å². The number of carbonyl (C=O) groups excluding carboxylic acids is 1. The molecule has 0 saturated carbocycles. The van der Waals surface area contributed by atoms with Crippen molar-refractivity contribution in [2.45, 2.75) is 19.1 Å². The summed E-state index contributed by atoms with van der Waals surface area (Å²) < 4.78 is 0. The van der Waals surface area contributed by atoms with Gasteiger partial charge in [0, 0.05) is 12.8 Å². The van der Waals surface area contributed by atoms with Gasteiger partial charge in [-0.3, -0.25) is 4.79 Å². The number of rotatable bonds is 0. The van der Waals surface area contributed by atoms with E-state index < -0.39 is 12.1 Å². The van der Waals surface area contributed by atoms with Gasteiger partial charge in [0.25, 0.3) is 0 Å². The number of hydrogen-bond acceptors (Lipinski definition) is 3. The molecule has 0 aromatic carbocycles. The van der Waals surface area contributed by atoms with Gasteiger partial charge in [-0.25, -0.2) is 0 Å². The second kappa shape index (κ2) is 1.72. The summed E-state index contributed by atoms with van der Waals surface area (Å²) in [6.45, 7) is 0. The van der Waals surface area contributed by atoms with Crippen LogP contribution in [0.25, 0.3) is 0 Å². The molecule has 4 heteroatoms. The van der Waals surface area contributed by atoms with E-state index in [0.29, 0.717) is 0 Å². The smallest absolute Gasteiger partial charge is 0.214 e. The summed E-state index contributed by atoms with van der Waals surface area (Å²) in [6.07, 6.45) is -0.616. The maximum Gasteiger partial charge on any atom is 0.214 e. The molecular formula is C4H6NO3-. The zero-order chi connectivity index (χ0) is 6.15. The molecule has 4 nitrogen and oxygen atoms in total. The van der Waals surface area contributed by atoms with Crippen LogP contribution in [0.4, 0.5) is 0 Å². The Kier molecular flexibility index (Phi) is 1.19. The van der Waals surface area contributed by atoms with Crippen molar-refractivity contribution in [1.29, 1.82) is 0 Å². The third-order valence-corrected chi connectivity index (χ3v) is 1.13. The van der Waals surface area contributed by atoms with Gasteiger partial charge in [-0.05, 0) is 0 Å². The van der Waals surface area contributed by atoms with Crippen LogP contribution in [0, 0.1) is 5.21 Å². The van der Waals surface area contributed by atoms with Crippen molar-refractivity contribution in [3.63, 3.8) is 0 Å². The first-order valence-electron chi connectivity index (χ1n) is 2.39. The van der Waals surface area contributed by atoms with E-state index in [2.05, 4.69) is 0 Å². The standard InChI is InChI=1S/C4H6NO3/c6-3-1-2-4(7)5(3)8/h3,6H,1-2H2/q-1. The first-order valence-corrected chi connectivity index (χ1v) is 2.39. The molecule has 0 radical (unpaired) electrons. The van der Waals surface area contributed by atoms with Gasteiger partial charge in [0.2, 0.25) is 5.91 Å². The van der Waals surface area contributed by atoms with Crippen molar-refractivity contribution in [1.82, 2.24) is 5.06 Å². The maximum atomic E-state index is 10.2. The van der Waals surface area contributed by atoms with Crippen LogP contribution in [0.5, 0.6) is 0 Å². The fourth-order valence-electron chi connectivity index (χ4n) is 0.646. The number of aliphatic hydroxyl groups is 1. The lowest BCUT2D eigenvalue weighted by Crippen LogP contribution is -2.25. The summed E-state index contributed by atoms with van der Waals surface area (Å²) in [5, 5.41) is 18.9. The molecule has 0 bridgehead atoms. The molecule has 0 aliphatic carbocycles. The van der Waals surface area contributed by atoms with Crippen LogP contribution in [0.3, 0.4) is 0 Å². The average molecular weight is 116 g/mol. The van der Waals surface area contributed by atoms with Crippen molar-refractivity contribution >= 4 is 5.91 Å². The minimum absolute atomic E-state index is 0.111. The molecule has 1 aliphatic rings. The monoisotopic (exact) mass is 116 g/mol. The van der Waals surface area contributed by atoms with E-state index in [-0.39, 0.29) is 17.9 Å². The molecule has 8 heavy (non-hydrogen) atoms. The molecule has 1 amide bonds. The summed E-state index contributed by atoms with van der Waals surface area (Å²) in [5.41, 5.74) is 0. The highest BCUT2D eigenvalue weighted by molar-refractivity contribution is 5.78. The summed E-state index contributed by atoms with van der Waals surface area (Å²) >= 11 is 0. The topological polar surface area (TPSA) is 63.6 Å². The van der Waals surface area contributed by atoms with Crippen LogP contribution < -0.4 is 0 Å². The molecule has 1 heterocycles. The van der Waals surface area contributed by atoms with Crippen LogP contribution in [0.2, 0.25) is 0 Å². The number of amides is 1. The number of nitrogens with zero attached hydrogens (tertiary/aromatic N) is 1. The lowest BCUT2D eigenvalue weighted by Gasteiger charge is -2.25. The van der Waals surface area contributed by atoms with Crippen molar-refractivity contribution < 1.29 is 9.90 Å². The van der Waals surface area contributed by atoms with Crippen molar-refractivity contribution in [3.8, 4) is 0 Å².